The predicted molar refractivity (Wildman–Crippen MR) is 86.8 cm³/mol. The minimum atomic E-state index is 0.447. The van der Waals surface area contributed by atoms with Gasteiger partial charge in [0.25, 0.3) is 0 Å². The maximum absolute atomic E-state index is 5.83. The minimum absolute atomic E-state index is 0.447. The van der Waals surface area contributed by atoms with Crippen molar-refractivity contribution >= 4 is 17.2 Å². The lowest BCUT2D eigenvalue weighted by molar-refractivity contribution is -0.0408. The topological polar surface area (TPSA) is 47.7 Å². The largest absolute Gasteiger partial charge is 0.492 e. The maximum atomic E-state index is 5.83. The van der Waals surface area contributed by atoms with Crippen LogP contribution in [-0.2, 0) is 11.2 Å². The highest BCUT2D eigenvalue weighted by atomic mass is 32.1. The number of ether oxygens (including phenoxy) is 2. The smallest absolute Gasteiger partial charge is 0.119 e. The van der Waals surface area contributed by atoms with E-state index in [0.29, 0.717) is 30.2 Å². The van der Waals surface area contributed by atoms with Crippen LogP contribution in [0.25, 0.3) is 0 Å². The molecule has 1 aromatic carbocycles. The molecule has 2 aliphatic rings. The number of hydrogen-bond donors (Lipinski definition) is 1. The molecule has 0 amide bonds. The first-order chi connectivity index (χ1) is 10.2. The molecular formula is C16H22N2O2S. The molecule has 114 valence electrons. The van der Waals surface area contributed by atoms with Crippen molar-refractivity contribution in [3.05, 3.63) is 29.8 Å². The summed E-state index contributed by atoms with van der Waals surface area (Å²) in [6.45, 7) is 3.78. The molecule has 21 heavy (non-hydrogen) atoms. The summed E-state index contributed by atoms with van der Waals surface area (Å²) >= 11 is 4.91. The summed E-state index contributed by atoms with van der Waals surface area (Å²) < 4.78 is 11.6. The van der Waals surface area contributed by atoms with E-state index >= 15 is 0 Å². The van der Waals surface area contributed by atoms with Crippen LogP contribution in [0.5, 0.6) is 5.75 Å². The zero-order valence-electron chi connectivity index (χ0n) is 12.2. The third kappa shape index (κ3) is 4.15. The number of benzene rings is 1. The van der Waals surface area contributed by atoms with Crippen LogP contribution in [0.4, 0.5) is 0 Å². The monoisotopic (exact) mass is 306 g/mol. The van der Waals surface area contributed by atoms with Gasteiger partial charge in [-0.15, -0.1) is 0 Å². The van der Waals surface area contributed by atoms with E-state index in [9.17, 15) is 0 Å². The van der Waals surface area contributed by atoms with Gasteiger partial charge < -0.3 is 15.2 Å². The van der Waals surface area contributed by atoms with Crippen LogP contribution in [0.2, 0.25) is 0 Å². The van der Waals surface area contributed by atoms with Gasteiger partial charge in [0.1, 0.15) is 12.4 Å². The number of morpholine rings is 1. The van der Waals surface area contributed by atoms with E-state index in [1.165, 1.54) is 12.8 Å². The predicted octanol–water partition coefficient (Wildman–Crippen LogP) is 1.76. The standard InChI is InChI=1S/C16H22N2O2S/c17-16(21)9-12-1-3-13(4-2-12)19-8-7-18-10-14-5-6-15(11-18)20-14/h1-4,14-15H,5-11H2,(H2,17,21). The van der Waals surface area contributed by atoms with Crippen LogP contribution in [-0.4, -0.2) is 48.3 Å². The molecule has 1 aromatic rings. The molecule has 3 rings (SSSR count). The van der Waals surface area contributed by atoms with Crippen molar-refractivity contribution < 1.29 is 9.47 Å². The fourth-order valence-corrected chi connectivity index (χ4v) is 3.25. The molecule has 2 saturated heterocycles. The van der Waals surface area contributed by atoms with E-state index in [4.69, 9.17) is 27.4 Å². The van der Waals surface area contributed by atoms with E-state index in [-0.39, 0.29) is 0 Å². The first kappa shape index (κ1) is 14.8. The molecule has 2 fully saturated rings. The van der Waals surface area contributed by atoms with Crippen molar-refractivity contribution in [3.63, 3.8) is 0 Å². The normalized spacial score (nSPS) is 25.0. The first-order valence-corrected chi connectivity index (χ1v) is 7.98. The van der Waals surface area contributed by atoms with Crippen LogP contribution in [0.15, 0.2) is 24.3 Å². The quantitative estimate of drug-likeness (QED) is 0.812. The molecule has 0 aromatic heterocycles. The zero-order valence-corrected chi connectivity index (χ0v) is 13.0. The Morgan fingerprint density at radius 1 is 1.24 bits per heavy atom. The van der Waals surface area contributed by atoms with Gasteiger partial charge in [0, 0.05) is 26.1 Å². The summed E-state index contributed by atoms with van der Waals surface area (Å²) in [4.78, 5) is 2.97. The average Bonchev–Trinajstić information content (AvgIpc) is 2.79. The maximum Gasteiger partial charge on any atom is 0.119 e. The SMILES string of the molecule is NC(=S)Cc1ccc(OCCN2CC3CCC(C2)O3)cc1. The first-order valence-electron chi connectivity index (χ1n) is 7.57. The van der Waals surface area contributed by atoms with E-state index in [0.717, 1.165) is 30.9 Å². The highest BCUT2D eigenvalue weighted by molar-refractivity contribution is 7.80. The van der Waals surface area contributed by atoms with Gasteiger partial charge in [0.05, 0.1) is 17.2 Å². The van der Waals surface area contributed by atoms with Crippen molar-refractivity contribution in [2.45, 2.75) is 31.5 Å². The van der Waals surface area contributed by atoms with Crippen LogP contribution >= 0.6 is 12.2 Å². The molecule has 2 heterocycles. The van der Waals surface area contributed by atoms with E-state index in [1.807, 2.05) is 24.3 Å². The third-order valence-corrected chi connectivity index (χ3v) is 4.24. The van der Waals surface area contributed by atoms with Crippen molar-refractivity contribution in [2.24, 2.45) is 5.73 Å². The Balaban J connectivity index is 1.42. The molecular weight excluding hydrogens is 284 g/mol. The second kappa shape index (κ2) is 6.73. The van der Waals surface area contributed by atoms with Crippen LogP contribution in [0.3, 0.4) is 0 Å². The fourth-order valence-electron chi connectivity index (χ4n) is 3.08. The second-order valence-electron chi connectivity index (χ2n) is 5.85. The summed E-state index contributed by atoms with van der Waals surface area (Å²) in [7, 11) is 0. The number of rotatable bonds is 6. The van der Waals surface area contributed by atoms with Crippen LogP contribution in [0.1, 0.15) is 18.4 Å². The summed E-state index contributed by atoms with van der Waals surface area (Å²) in [6.07, 6.45) is 3.97. The Kier molecular flexibility index (Phi) is 4.73. The van der Waals surface area contributed by atoms with Gasteiger partial charge >= 0.3 is 0 Å². The highest BCUT2D eigenvalue weighted by Gasteiger charge is 2.33. The molecule has 2 N–H and O–H groups in total. The lowest BCUT2D eigenvalue weighted by Crippen LogP contribution is -2.44. The van der Waals surface area contributed by atoms with Crippen molar-refractivity contribution in [1.82, 2.24) is 4.90 Å². The Morgan fingerprint density at radius 3 is 2.52 bits per heavy atom. The summed E-state index contributed by atoms with van der Waals surface area (Å²) in [6, 6.07) is 8.00. The minimum Gasteiger partial charge on any atom is -0.492 e. The van der Waals surface area contributed by atoms with Gasteiger partial charge in [-0.3, -0.25) is 4.90 Å². The number of fused-ring (bicyclic) bond motifs is 2. The number of nitrogens with zero attached hydrogens (tertiary/aromatic N) is 1. The van der Waals surface area contributed by atoms with Crippen LogP contribution in [0, 0.1) is 0 Å². The molecule has 0 spiro atoms. The molecule has 2 aliphatic heterocycles. The van der Waals surface area contributed by atoms with Gasteiger partial charge in [0.15, 0.2) is 0 Å². The average molecular weight is 306 g/mol. The number of nitrogens with two attached hydrogens (primary N) is 1. The Labute approximate surface area is 131 Å². The van der Waals surface area contributed by atoms with Crippen molar-refractivity contribution in [2.75, 3.05) is 26.2 Å². The Morgan fingerprint density at radius 2 is 1.90 bits per heavy atom. The second-order valence-corrected chi connectivity index (χ2v) is 6.38. The molecule has 0 radical (unpaired) electrons. The van der Waals surface area contributed by atoms with Crippen LogP contribution < -0.4 is 10.5 Å². The summed E-state index contributed by atoms with van der Waals surface area (Å²) in [5.74, 6) is 0.901. The lowest BCUT2D eigenvalue weighted by Gasteiger charge is -2.31. The third-order valence-electron chi connectivity index (χ3n) is 4.10. The number of thiocarbonyl (C=S) groups is 1. The van der Waals surface area contributed by atoms with Crippen molar-refractivity contribution in [1.29, 1.82) is 0 Å². The highest BCUT2D eigenvalue weighted by Crippen LogP contribution is 2.25. The molecule has 5 heteroatoms. The van der Waals surface area contributed by atoms with Gasteiger partial charge in [0.2, 0.25) is 0 Å². The Hall–Kier alpha value is -1.17. The molecule has 0 saturated carbocycles. The lowest BCUT2D eigenvalue weighted by atomic mass is 10.1. The molecule has 2 bridgehead atoms. The van der Waals surface area contributed by atoms with E-state index < -0.39 is 0 Å². The number of hydrogen-bond acceptors (Lipinski definition) is 4. The summed E-state index contributed by atoms with van der Waals surface area (Å²) in [5, 5.41) is 0. The molecule has 2 unspecified atom stereocenters. The molecule has 0 aliphatic carbocycles. The summed E-state index contributed by atoms with van der Waals surface area (Å²) in [5.41, 5.74) is 6.66. The Bertz CT molecular complexity index is 480. The van der Waals surface area contributed by atoms with E-state index in [2.05, 4.69) is 4.90 Å². The van der Waals surface area contributed by atoms with Gasteiger partial charge in [-0.05, 0) is 30.5 Å². The van der Waals surface area contributed by atoms with Gasteiger partial charge in [-0.1, -0.05) is 24.4 Å². The molecule has 2 atom stereocenters. The van der Waals surface area contributed by atoms with Gasteiger partial charge in [-0.25, -0.2) is 0 Å². The van der Waals surface area contributed by atoms with Crippen molar-refractivity contribution in [3.8, 4) is 5.75 Å². The zero-order chi connectivity index (χ0) is 14.7. The number of likely N-dealkylation sites (tertiary alicyclic amines) is 1. The molecule has 4 nitrogen and oxygen atoms in total. The van der Waals surface area contributed by atoms with Gasteiger partial charge in [-0.2, -0.15) is 0 Å². The fraction of sp³-hybridized carbons (Fsp3) is 0.562. The van der Waals surface area contributed by atoms with E-state index in [1.54, 1.807) is 0 Å².